The predicted molar refractivity (Wildman–Crippen MR) is 148 cm³/mol. The summed E-state index contributed by atoms with van der Waals surface area (Å²) in [6, 6.07) is 15.8. The van der Waals surface area contributed by atoms with Gasteiger partial charge >= 0.3 is 5.97 Å². The van der Waals surface area contributed by atoms with Crippen molar-refractivity contribution in [2.45, 2.75) is 64.1 Å². The first-order valence-electron chi connectivity index (χ1n) is 14.0. The van der Waals surface area contributed by atoms with Gasteiger partial charge in [0.25, 0.3) is 5.91 Å². The summed E-state index contributed by atoms with van der Waals surface area (Å²) in [4.78, 5) is 26.2. The smallest absolute Gasteiger partial charge is 0.323 e. The molecule has 0 aromatic heterocycles. The van der Waals surface area contributed by atoms with Crippen molar-refractivity contribution in [2.24, 2.45) is 11.8 Å². The van der Waals surface area contributed by atoms with Crippen LogP contribution in [0.15, 0.2) is 48.5 Å². The first-order chi connectivity index (χ1) is 18.6. The summed E-state index contributed by atoms with van der Waals surface area (Å²) in [5, 5.41) is 15.9. The van der Waals surface area contributed by atoms with Gasteiger partial charge in [0, 0.05) is 37.4 Å². The van der Waals surface area contributed by atoms with E-state index in [0.717, 1.165) is 57.5 Å². The van der Waals surface area contributed by atoms with E-state index in [1.807, 2.05) is 12.1 Å². The third-order valence-electron chi connectivity index (χ3n) is 8.10. The van der Waals surface area contributed by atoms with Crippen LogP contribution in [0.4, 0.5) is 5.69 Å². The van der Waals surface area contributed by atoms with Crippen molar-refractivity contribution in [1.29, 1.82) is 0 Å². The van der Waals surface area contributed by atoms with Crippen LogP contribution < -0.4 is 21.0 Å². The van der Waals surface area contributed by atoms with Gasteiger partial charge in [-0.1, -0.05) is 43.5 Å². The Morgan fingerprint density at radius 1 is 0.921 bits per heavy atom. The minimum Gasteiger partial charge on any atom is -0.468 e. The van der Waals surface area contributed by atoms with E-state index in [9.17, 15) is 9.59 Å². The fourth-order valence-electron chi connectivity index (χ4n) is 5.74. The number of hydrogen-bond donors (Lipinski definition) is 4. The van der Waals surface area contributed by atoms with Crippen LogP contribution in [0.2, 0.25) is 0 Å². The molecular weight excluding hydrogens is 480 g/mol. The minimum absolute atomic E-state index is 0.145. The minimum atomic E-state index is -0.491. The molecule has 206 valence electrons. The zero-order valence-corrected chi connectivity index (χ0v) is 22.5. The number of hydrogen-bond acceptors (Lipinski definition) is 7. The standard InChI is InChI=1S/C30H42N4O4/c1-38-30(36)28(25-5-3-2-4-6-25)32-21-23-9-7-22(8-10-23)19-31-20-24-15-17-34(18-16-24)27-13-11-26(12-14-27)29(35)33-37/h7-14,24-25,28,31-32,37H,2-6,15-21H2,1H3,(H,33,35)/t28-/m0/s1. The van der Waals surface area contributed by atoms with Gasteiger partial charge in [-0.15, -0.1) is 0 Å². The number of amides is 1. The summed E-state index contributed by atoms with van der Waals surface area (Å²) >= 11 is 0. The fourth-order valence-corrected chi connectivity index (χ4v) is 5.74. The molecule has 1 saturated carbocycles. The number of rotatable bonds is 11. The van der Waals surface area contributed by atoms with E-state index in [4.69, 9.17) is 9.94 Å². The van der Waals surface area contributed by atoms with Crippen molar-refractivity contribution < 1.29 is 19.5 Å². The normalized spacial score (nSPS) is 17.7. The Balaban J connectivity index is 1.16. The molecule has 0 unspecified atom stereocenters. The predicted octanol–water partition coefficient (Wildman–Crippen LogP) is 4.02. The van der Waals surface area contributed by atoms with Crippen LogP contribution in [0.25, 0.3) is 0 Å². The molecule has 4 N–H and O–H groups in total. The second-order valence-corrected chi connectivity index (χ2v) is 10.6. The average molecular weight is 523 g/mol. The van der Waals surface area contributed by atoms with Gasteiger partial charge in [-0.05, 0) is 79.5 Å². The lowest BCUT2D eigenvalue weighted by Crippen LogP contribution is -2.44. The molecule has 2 aromatic rings. The number of nitrogens with zero attached hydrogens (tertiary/aromatic N) is 1. The van der Waals surface area contributed by atoms with E-state index in [0.29, 0.717) is 23.9 Å². The molecule has 1 aliphatic carbocycles. The van der Waals surface area contributed by atoms with Crippen LogP contribution in [0.1, 0.15) is 66.4 Å². The zero-order valence-electron chi connectivity index (χ0n) is 22.5. The molecule has 2 fully saturated rings. The molecule has 0 radical (unpaired) electrons. The fraction of sp³-hybridized carbons (Fsp3) is 0.533. The van der Waals surface area contributed by atoms with Crippen molar-refractivity contribution >= 4 is 17.6 Å². The number of hydroxylamine groups is 1. The lowest BCUT2D eigenvalue weighted by atomic mass is 9.84. The molecule has 2 aliphatic rings. The van der Waals surface area contributed by atoms with Crippen LogP contribution in [-0.2, 0) is 22.6 Å². The van der Waals surface area contributed by atoms with Gasteiger partial charge in [0.1, 0.15) is 6.04 Å². The number of esters is 1. The summed E-state index contributed by atoms with van der Waals surface area (Å²) < 4.78 is 5.08. The molecule has 1 amide bonds. The monoisotopic (exact) mass is 522 g/mol. The summed E-state index contributed by atoms with van der Waals surface area (Å²) in [6.07, 6.45) is 8.09. The van der Waals surface area contributed by atoms with Crippen LogP contribution >= 0.6 is 0 Å². The number of benzene rings is 2. The van der Waals surface area contributed by atoms with Crippen LogP contribution in [-0.4, -0.2) is 49.9 Å². The molecule has 8 nitrogen and oxygen atoms in total. The van der Waals surface area contributed by atoms with E-state index < -0.39 is 5.91 Å². The first kappa shape index (κ1) is 28.1. The van der Waals surface area contributed by atoms with Gasteiger partial charge in [-0.3, -0.25) is 14.8 Å². The summed E-state index contributed by atoms with van der Waals surface area (Å²) in [6.45, 7) is 4.49. The lowest BCUT2D eigenvalue weighted by molar-refractivity contribution is -0.145. The van der Waals surface area contributed by atoms with Gasteiger partial charge < -0.3 is 20.3 Å². The molecule has 1 saturated heterocycles. The number of anilines is 1. The van der Waals surface area contributed by atoms with Crippen molar-refractivity contribution in [3.63, 3.8) is 0 Å². The molecule has 0 spiro atoms. The van der Waals surface area contributed by atoms with E-state index in [-0.39, 0.29) is 12.0 Å². The largest absolute Gasteiger partial charge is 0.468 e. The topological polar surface area (TPSA) is 103 Å². The molecule has 8 heteroatoms. The van der Waals surface area contributed by atoms with Gasteiger partial charge in [-0.25, -0.2) is 5.48 Å². The van der Waals surface area contributed by atoms with Crippen molar-refractivity contribution in [2.75, 3.05) is 31.6 Å². The second kappa shape index (κ2) is 14.3. The third kappa shape index (κ3) is 7.79. The Hall–Kier alpha value is -2.94. The number of ether oxygens (including phenoxy) is 1. The number of nitrogens with one attached hydrogen (secondary N) is 3. The quantitative estimate of drug-likeness (QED) is 0.201. The summed E-state index contributed by atoms with van der Waals surface area (Å²) in [5.74, 6) is 0.374. The molecule has 4 rings (SSSR count). The van der Waals surface area contributed by atoms with Gasteiger partial charge in [0.15, 0.2) is 0 Å². The Morgan fingerprint density at radius 2 is 1.55 bits per heavy atom. The molecule has 1 atom stereocenters. The zero-order chi connectivity index (χ0) is 26.7. The Labute approximate surface area is 226 Å². The molecular formula is C30H42N4O4. The Morgan fingerprint density at radius 3 is 2.16 bits per heavy atom. The number of carbonyl (C=O) groups is 2. The van der Waals surface area contributed by atoms with Crippen LogP contribution in [0.3, 0.4) is 0 Å². The molecule has 2 aromatic carbocycles. The SMILES string of the molecule is COC(=O)[C@@H](NCc1ccc(CNCC2CCN(c3ccc(C(=O)NO)cc3)CC2)cc1)C1CCCCC1. The highest BCUT2D eigenvalue weighted by atomic mass is 16.5. The molecule has 38 heavy (non-hydrogen) atoms. The van der Waals surface area contributed by atoms with E-state index in [1.54, 1.807) is 17.6 Å². The van der Waals surface area contributed by atoms with Gasteiger partial charge in [-0.2, -0.15) is 0 Å². The van der Waals surface area contributed by atoms with E-state index >= 15 is 0 Å². The summed E-state index contributed by atoms with van der Waals surface area (Å²) in [5.41, 5.74) is 5.66. The molecule has 1 aliphatic heterocycles. The highest BCUT2D eigenvalue weighted by Crippen LogP contribution is 2.27. The lowest BCUT2D eigenvalue weighted by Gasteiger charge is -2.33. The van der Waals surface area contributed by atoms with Crippen LogP contribution in [0.5, 0.6) is 0 Å². The van der Waals surface area contributed by atoms with Gasteiger partial charge in [0.2, 0.25) is 0 Å². The number of carbonyl (C=O) groups excluding carboxylic acids is 2. The van der Waals surface area contributed by atoms with Crippen molar-refractivity contribution in [3.05, 3.63) is 65.2 Å². The highest BCUT2D eigenvalue weighted by Gasteiger charge is 2.29. The van der Waals surface area contributed by atoms with Crippen LogP contribution in [0, 0.1) is 11.8 Å². The maximum Gasteiger partial charge on any atom is 0.323 e. The maximum atomic E-state index is 12.4. The van der Waals surface area contributed by atoms with E-state index in [2.05, 4.69) is 39.8 Å². The number of methoxy groups -OCH3 is 1. The third-order valence-corrected chi connectivity index (χ3v) is 8.10. The maximum absolute atomic E-state index is 12.4. The molecule has 1 heterocycles. The second-order valence-electron chi connectivity index (χ2n) is 10.6. The Bertz CT molecular complexity index is 1010. The highest BCUT2D eigenvalue weighted by molar-refractivity contribution is 5.93. The average Bonchev–Trinajstić information content (AvgIpc) is 2.98. The van der Waals surface area contributed by atoms with Crippen molar-refractivity contribution in [1.82, 2.24) is 16.1 Å². The van der Waals surface area contributed by atoms with E-state index in [1.165, 1.54) is 37.5 Å². The van der Waals surface area contributed by atoms with Gasteiger partial charge in [0.05, 0.1) is 7.11 Å². The summed E-state index contributed by atoms with van der Waals surface area (Å²) in [7, 11) is 1.48. The molecule has 0 bridgehead atoms. The van der Waals surface area contributed by atoms with Crippen molar-refractivity contribution in [3.8, 4) is 0 Å². The Kier molecular flexibility index (Phi) is 10.6. The first-order valence-corrected chi connectivity index (χ1v) is 14.0. The number of piperidine rings is 1.